The molecule has 0 aliphatic rings. The molecule has 0 bridgehead atoms. The van der Waals surface area contributed by atoms with Crippen molar-refractivity contribution in [1.29, 1.82) is 0 Å². The summed E-state index contributed by atoms with van der Waals surface area (Å²) in [6, 6.07) is 8.01. The van der Waals surface area contributed by atoms with Gasteiger partial charge in [0.2, 0.25) is 10.0 Å². The zero-order chi connectivity index (χ0) is 18.1. The fraction of sp³-hybridized carbons (Fsp3) is 0. The Labute approximate surface area is 139 Å². The Hall–Kier alpha value is -2.40. The zero-order valence-corrected chi connectivity index (χ0v) is 13.9. The van der Waals surface area contributed by atoms with Gasteiger partial charge in [0.25, 0.3) is 10.1 Å². The molecule has 7 N–H and O–H groups in total. The van der Waals surface area contributed by atoms with Gasteiger partial charge in [-0.2, -0.15) is 8.42 Å². The average Bonchev–Trinajstić information content (AvgIpc) is 2.45. The van der Waals surface area contributed by atoms with E-state index in [9.17, 15) is 21.4 Å². The predicted molar refractivity (Wildman–Crippen MR) is 91.8 cm³/mol. The highest BCUT2D eigenvalue weighted by atomic mass is 32.2. The lowest BCUT2D eigenvalue weighted by Crippen LogP contribution is -2.14. The maximum absolute atomic E-state index is 11.6. The molecule has 0 atom stereocenters. The Morgan fingerprint density at radius 3 is 1.62 bits per heavy atom. The summed E-state index contributed by atoms with van der Waals surface area (Å²) in [5, 5.41) is 5.14. The molecule has 8 nitrogen and oxygen atoms in total. The van der Waals surface area contributed by atoms with E-state index in [0.29, 0.717) is 0 Å². The van der Waals surface area contributed by atoms with E-state index < -0.39 is 25.0 Å². The maximum atomic E-state index is 11.6. The van der Waals surface area contributed by atoms with Gasteiger partial charge in [0.1, 0.15) is 4.90 Å². The van der Waals surface area contributed by atoms with Crippen LogP contribution in [0, 0.1) is 0 Å². The van der Waals surface area contributed by atoms with Crippen molar-refractivity contribution < 1.29 is 21.4 Å². The van der Waals surface area contributed by atoms with E-state index in [-0.39, 0.29) is 27.4 Å². The molecule has 0 saturated carbocycles. The Morgan fingerprint density at radius 1 is 0.792 bits per heavy atom. The second-order valence-electron chi connectivity index (χ2n) is 4.95. The van der Waals surface area contributed by atoms with Crippen LogP contribution in [0.5, 0.6) is 0 Å². The SMILES string of the molecule is Nc1ccc(C=Cc2ccc(N)cc2S(=O)(=O)O)c(S(N)(=O)=O)c1. The summed E-state index contributed by atoms with van der Waals surface area (Å²) in [5.74, 6) is 0. The smallest absolute Gasteiger partial charge is 0.295 e. The van der Waals surface area contributed by atoms with Crippen LogP contribution in [0.3, 0.4) is 0 Å². The van der Waals surface area contributed by atoms with Crippen LogP contribution in [0.15, 0.2) is 46.2 Å². The molecule has 0 saturated heterocycles. The third-order valence-corrected chi connectivity index (χ3v) is 4.98. The van der Waals surface area contributed by atoms with Gasteiger partial charge in [-0.3, -0.25) is 4.55 Å². The third-order valence-electron chi connectivity index (χ3n) is 3.10. The minimum absolute atomic E-state index is 0.129. The van der Waals surface area contributed by atoms with Crippen molar-refractivity contribution in [3.63, 3.8) is 0 Å². The summed E-state index contributed by atoms with van der Waals surface area (Å²) < 4.78 is 55.4. The van der Waals surface area contributed by atoms with Crippen molar-refractivity contribution in [2.45, 2.75) is 9.79 Å². The standard InChI is InChI=1S/C14H15N3O5S2/c15-11-5-3-9(13(7-11)23(17,18)19)1-2-10-4-6-12(16)8-14(10)24(20,21)22/h1-8H,15-16H2,(H2,17,18,19)(H,20,21,22). The molecule has 0 amide bonds. The first-order valence-corrected chi connectivity index (χ1v) is 9.44. The van der Waals surface area contributed by atoms with Crippen LogP contribution in [0.4, 0.5) is 11.4 Å². The molecule has 2 aromatic carbocycles. The predicted octanol–water partition coefficient (Wildman–Crippen LogP) is 0.916. The fourth-order valence-corrected chi connectivity index (χ4v) is 3.51. The van der Waals surface area contributed by atoms with E-state index >= 15 is 0 Å². The molecule has 0 fully saturated rings. The molecular weight excluding hydrogens is 354 g/mol. The average molecular weight is 369 g/mol. The van der Waals surface area contributed by atoms with E-state index in [1.165, 1.54) is 42.5 Å². The Balaban J connectivity index is 2.59. The minimum Gasteiger partial charge on any atom is -0.399 e. The number of benzene rings is 2. The summed E-state index contributed by atoms with van der Waals surface area (Å²) in [7, 11) is -8.52. The summed E-state index contributed by atoms with van der Waals surface area (Å²) in [6.07, 6.45) is 2.67. The van der Waals surface area contributed by atoms with Crippen LogP contribution >= 0.6 is 0 Å². The Bertz CT molecular complexity index is 945. The lowest BCUT2D eigenvalue weighted by atomic mass is 10.1. The number of nitrogen functional groups attached to an aromatic ring is 2. The molecule has 2 rings (SSSR count). The highest BCUT2D eigenvalue weighted by Gasteiger charge is 2.16. The second kappa shape index (κ2) is 6.24. The Morgan fingerprint density at radius 2 is 1.21 bits per heavy atom. The van der Waals surface area contributed by atoms with Gasteiger partial charge < -0.3 is 11.5 Å². The first-order chi connectivity index (χ1) is 11.0. The first kappa shape index (κ1) is 17.9. The molecule has 128 valence electrons. The van der Waals surface area contributed by atoms with Crippen LogP contribution in [0.1, 0.15) is 11.1 Å². The van der Waals surface area contributed by atoms with E-state index in [2.05, 4.69) is 0 Å². The second-order valence-corrected chi connectivity index (χ2v) is 7.87. The van der Waals surface area contributed by atoms with Crippen LogP contribution in [-0.2, 0) is 20.1 Å². The molecule has 24 heavy (non-hydrogen) atoms. The monoisotopic (exact) mass is 369 g/mol. The molecule has 0 aliphatic heterocycles. The maximum Gasteiger partial charge on any atom is 0.295 e. The van der Waals surface area contributed by atoms with Crippen LogP contribution in [-0.4, -0.2) is 21.4 Å². The number of anilines is 2. The van der Waals surface area contributed by atoms with Crippen molar-refractivity contribution in [3.8, 4) is 0 Å². The fourth-order valence-electron chi connectivity index (χ4n) is 2.03. The van der Waals surface area contributed by atoms with E-state index in [4.69, 9.17) is 16.6 Å². The van der Waals surface area contributed by atoms with Gasteiger partial charge in [-0.05, 0) is 35.4 Å². The quantitative estimate of drug-likeness (QED) is 0.353. The van der Waals surface area contributed by atoms with Gasteiger partial charge in [0.15, 0.2) is 0 Å². The summed E-state index contributed by atoms with van der Waals surface area (Å²) in [5.41, 5.74) is 11.8. The van der Waals surface area contributed by atoms with Crippen LogP contribution < -0.4 is 16.6 Å². The molecular formula is C14H15N3O5S2. The third kappa shape index (κ3) is 4.11. The Kier molecular flexibility index (Phi) is 4.67. The lowest BCUT2D eigenvalue weighted by Gasteiger charge is -2.07. The highest BCUT2D eigenvalue weighted by Crippen LogP contribution is 2.24. The molecule has 0 aliphatic carbocycles. The number of primary sulfonamides is 1. The van der Waals surface area contributed by atoms with Gasteiger partial charge >= 0.3 is 0 Å². The van der Waals surface area contributed by atoms with E-state index in [1.54, 1.807) is 0 Å². The van der Waals surface area contributed by atoms with Crippen molar-refractivity contribution in [2.75, 3.05) is 11.5 Å². The van der Waals surface area contributed by atoms with Gasteiger partial charge in [-0.25, -0.2) is 13.6 Å². The summed E-state index contributed by atoms with van der Waals surface area (Å²) in [4.78, 5) is -0.603. The van der Waals surface area contributed by atoms with E-state index in [0.717, 1.165) is 6.07 Å². The molecule has 2 aromatic rings. The molecule has 0 heterocycles. The van der Waals surface area contributed by atoms with Crippen molar-refractivity contribution in [1.82, 2.24) is 0 Å². The van der Waals surface area contributed by atoms with Gasteiger partial charge in [0.05, 0.1) is 4.90 Å². The topological polar surface area (TPSA) is 167 Å². The molecule has 0 spiro atoms. The number of sulfonamides is 1. The normalized spacial score (nSPS) is 12.6. The number of hydrogen-bond donors (Lipinski definition) is 4. The van der Waals surface area contributed by atoms with Gasteiger partial charge in [-0.1, -0.05) is 24.3 Å². The largest absolute Gasteiger partial charge is 0.399 e. The van der Waals surface area contributed by atoms with Crippen molar-refractivity contribution >= 4 is 43.7 Å². The zero-order valence-electron chi connectivity index (χ0n) is 12.2. The highest BCUT2D eigenvalue weighted by molar-refractivity contribution is 7.89. The minimum atomic E-state index is -4.50. The molecule has 0 aromatic heterocycles. The first-order valence-electron chi connectivity index (χ1n) is 6.46. The van der Waals surface area contributed by atoms with Crippen LogP contribution in [0.2, 0.25) is 0 Å². The molecule has 10 heteroatoms. The summed E-state index contributed by atoms with van der Waals surface area (Å²) in [6.45, 7) is 0. The molecule has 0 radical (unpaired) electrons. The lowest BCUT2D eigenvalue weighted by molar-refractivity contribution is 0.483. The number of nitrogens with two attached hydrogens (primary N) is 3. The molecule has 0 unspecified atom stereocenters. The van der Waals surface area contributed by atoms with E-state index in [1.807, 2.05) is 0 Å². The van der Waals surface area contributed by atoms with Gasteiger partial charge in [0, 0.05) is 11.4 Å². The number of hydrogen-bond acceptors (Lipinski definition) is 6. The number of rotatable bonds is 4. The van der Waals surface area contributed by atoms with Gasteiger partial charge in [-0.15, -0.1) is 0 Å². The van der Waals surface area contributed by atoms with Crippen molar-refractivity contribution in [3.05, 3.63) is 47.5 Å². The summed E-state index contributed by atoms with van der Waals surface area (Å²) >= 11 is 0. The van der Waals surface area contributed by atoms with Crippen LogP contribution in [0.25, 0.3) is 12.2 Å². The van der Waals surface area contributed by atoms with Crippen molar-refractivity contribution in [2.24, 2.45) is 5.14 Å².